The molecule has 0 bridgehead atoms. The highest BCUT2D eigenvalue weighted by atomic mass is 16.5. The van der Waals surface area contributed by atoms with Crippen molar-refractivity contribution in [2.75, 3.05) is 32.8 Å². The molecule has 1 aliphatic rings. The van der Waals surface area contributed by atoms with E-state index in [0.29, 0.717) is 0 Å². The largest absolute Gasteiger partial charge is 0.394 e. The summed E-state index contributed by atoms with van der Waals surface area (Å²) >= 11 is 0. The molecule has 0 aromatic carbocycles. The molecule has 88 valence electrons. The van der Waals surface area contributed by atoms with Crippen molar-refractivity contribution in [1.82, 2.24) is 9.88 Å². The molecule has 1 saturated heterocycles. The van der Waals surface area contributed by atoms with Crippen LogP contribution in [0.2, 0.25) is 0 Å². The lowest BCUT2D eigenvalue weighted by Gasteiger charge is -2.31. The van der Waals surface area contributed by atoms with Crippen molar-refractivity contribution in [1.29, 1.82) is 0 Å². The Hall–Kier alpha value is -0.970. The van der Waals surface area contributed by atoms with Gasteiger partial charge in [0.05, 0.1) is 19.3 Å². The van der Waals surface area contributed by atoms with Crippen LogP contribution in [0.1, 0.15) is 5.56 Å². The Labute approximate surface area is 95.9 Å². The van der Waals surface area contributed by atoms with Gasteiger partial charge in [-0.2, -0.15) is 0 Å². The first kappa shape index (κ1) is 11.5. The number of rotatable bonds is 4. The van der Waals surface area contributed by atoms with Crippen molar-refractivity contribution in [2.24, 2.45) is 0 Å². The van der Waals surface area contributed by atoms with Gasteiger partial charge < -0.3 is 9.84 Å². The van der Waals surface area contributed by atoms with Crippen molar-refractivity contribution in [3.8, 4) is 0 Å². The highest BCUT2D eigenvalue weighted by Gasteiger charge is 2.18. The lowest BCUT2D eigenvalue weighted by Crippen LogP contribution is -2.44. The smallest absolute Gasteiger partial charge is 0.0932 e. The number of aliphatic hydroxyl groups excluding tert-OH is 1. The van der Waals surface area contributed by atoms with Gasteiger partial charge in [-0.1, -0.05) is 6.07 Å². The van der Waals surface area contributed by atoms with E-state index >= 15 is 0 Å². The molecule has 1 aliphatic heterocycles. The maximum Gasteiger partial charge on any atom is 0.0932 e. The van der Waals surface area contributed by atoms with Crippen LogP contribution in [-0.4, -0.2) is 53.9 Å². The van der Waals surface area contributed by atoms with Crippen molar-refractivity contribution in [3.63, 3.8) is 0 Å². The number of hydrogen-bond acceptors (Lipinski definition) is 4. The molecule has 1 fully saturated rings. The summed E-state index contributed by atoms with van der Waals surface area (Å²) in [6.07, 6.45) is 4.69. The van der Waals surface area contributed by atoms with Gasteiger partial charge in [0.15, 0.2) is 0 Å². The average molecular weight is 222 g/mol. The fourth-order valence-corrected chi connectivity index (χ4v) is 1.93. The van der Waals surface area contributed by atoms with E-state index in [0.717, 1.165) is 32.7 Å². The number of aromatic nitrogens is 1. The first-order chi connectivity index (χ1) is 7.88. The summed E-state index contributed by atoms with van der Waals surface area (Å²) in [5.74, 6) is 0. The lowest BCUT2D eigenvalue weighted by atomic mass is 10.2. The van der Waals surface area contributed by atoms with Gasteiger partial charge in [0, 0.05) is 32.0 Å². The molecule has 1 N–H and O–H groups in total. The zero-order valence-electron chi connectivity index (χ0n) is 9.38. The zero-order valence-corrected chi connectivity index (χ0v) is 9.38. The SMILES string of the molecule is OCC1CN(CCc2cccnc2)CCO1. The van der Waals surface area contributed by atoms with Crippen LogP contribution < -0.4 is 0 Å². The number of morpholine rings is 1. The number of hydrogen-bond donors (Lipinski definition) is 1. The molecule has 2 heterocycles. The highest BCUT2D eigenvalue weighted by molar-refractivity contribution is 5.08. The molecular formula is C12H18N2O2. The van der Waals surface area contributed by atoms with E-state index in [1.54, 1.807) is 6.20 Å². The Balaban J connectivity index is 1.77. The molecule has 0 amide bonds. The van der Waals surface area contributed by atoms with Crippen LogP contribution >= 0.6 is 0 Å². The van der Waals surface area contributed by atoms with E-state index < -0.39 is 0 Å². The van der Waals surface area contributed by atoms with E-state index in [4.69, 9.17) is 9.84 Å². The van der Waals surface area contributed by atoms with E-state index in [1.807, 2.05) is 12.3 Å². The van der Waals surface area contributed by atoms with Gasteiger partial charge in [-0.25, -0.2) is 0 Å². The maximum atomic E-state index is 9.03. The second-order valence-electron chi connectivity index (χ2n) is 4.09. The summed E-state index contributed by atoms with van der Waals surface area (Å²) in [5, 5.41) is 9.03. The van der Waals surface area contributed by atoms with Gasteiger partial charge in [-0.15, -0.1) is 0 Å². The van der Waals surface area contributed by atoms with E-state index in [2.05, 4.69) is 16.0 Å². The fourth-order valence-electron chi connectivity index (χ4n) is 1.93. The summed E-state index contributed by atoms with van der Waals surface area (Å²) < 4.78 is 5.41. The molecule has 1 aromatic rings. The second kappa shape index (κ2) is 5.94. The maximum absolute atomic E-state index is 9.03. The molecule has 16 heavy (non-hydrogen) atoms. The predicted molar refractivity (Wildman–Crippen MR) is 61.2 cm³/mol. The van der Waals surface area contributed by atoms with E-state index in [1.165, 1.54) is 5.56 Å². The third kappa shape index (κ3) is 3.27. The third-order valence-electron chi connectivity index (χ3n) is 2.87. The Kier molecular flexibility index (Phi) is 4.27. The van der Waals surface area contributed by atoms with Crippen molar-refractivity contribution in [3.05, 3.63) is 30.1 Å². The summed E-state index contributed by atoms with van der Waals surface area (Å²) in [4.78, 5) is 6.43. The zero-order chi connectivity index (χ0) is 11.2. The molecule has 0 spiro atoms. The molecule has 4 heteroatoms. The Morgan fingerprint density at radius 2 is 2.50 bits per heavy atom. The first-order valence-corrected chi connectivity index (χ1v) is 5.72. The minimum Gasteiger partial charge on any atom is -0.394 e. The quantitative estimate of drug-likeness (QED) is 0.797. The van der Waals surface area contributed by atoms with Crippen LogP contribution in [0, 0.1) is 0 Å². The van der Waals surface area contributed by atoms with Crippen LogP contribution in [-0.2, 0) is 11.2 Å². The summed E-state index contributed by atoms with van der Waals surface area (Å²) in [5.41, 5.74) is 1.26. The van der Waals surface area contributed by atoms with Crippen LogP contribution in [0.15, 0.2) is 24.5 Å². The van der Waals surface area contributed by atoms with Crippen LogP contribution in [0.3, 0.4) is 0 Å². The highest BCUT2D eigenvalue weighted by Crippen LogP contribution is 2.06. The molecule has 0 saturated carbocycles. The average Bonchev–Trinajstić information content (AvgIpc) is 2.38. The molecule has 0 radical (unpaired) electrons. The predicted octanol–water partition coefficient (Wildman–Crippen LogP) is 0.317. The van der Waals surface area contributed by atoms with Crippen molar-refractivity contribution in [2.45, 2.75) is 12.5 Å². The van der Waals surface area contributed by atoms with E-state index in [9.17, 15) is 0 Å². The lowest BCUT2D eigenvalue weighted by molar-refractivity contribution is -0.0523. The normalized spacial score (nSPS) is 22.2. The summed E-state index contributed by atoms with van der Waals surface area (Å²) in [6.45, 7) is 3.63. The third-order valence-corrected chi connectivity index (χ3v) is 2.87. The van der Waals surface area contributed by atoms with Crippen LogP contribution in [0.5, 0.6) is 0 Å². The summed E-state index contributed by atoms with van der Waals surface area (Å²) in [6, 6.07) is 4.06. The Bertz CT molecular complexity index is 305. The minimum atomic E-state index is -0.0114. The van der Waals surface area contributed by atoms with Gasteiger partial charge in [0.2, 0.25) is 0 Å². The van der Waals surface area contributed by atoms with Gasteiger partial charge in [-0.05, 0) is 18.1 Å². The first-order valence-electron chi connectivity index (χ1n) is 5.72. The number of pyridine rings is 1. The second-order valence-corrected chi connectivity index (χ2v) is 4.09. The van der Waals surface area contributed by atoms with Crippen LogP contribution in [0.4, 0.5) is 0 Å². The Morgan fingerprint density at radius 1 is 1.56 bits per heavy atom. The van der Waals surface area contributed by atoms with Gasteiger partial charge in [-0.3, -0.25) is 9.88 Å². The molecule has 2 rings (SSSR count). The Morgan fingerprint density at radius 3 is 3.25 bits per heavy atom. The topological polar surface area (TPSA) is 45.6 Å². The van der Waals surface area contributed by atoms with Crippen LogP contribution in [0.25, 0.3) is 0 Å². The van der Waals surface area contributed by atoms with Crippen molar-refractivity contribution >= 4 is 0 Å². The standard InChI is InChI=1S/C12H18N2O2/c15-10-12-9-14(6-7-16-12)5-3-11-2-1-4-13-8-11/h1-2,4,8,12,15H,3,5-7,9-10H2. The summed E-state index contributed by atoms with van der Waals surface area (Å²) in [7, 11) is 0. The number of aliphatic hydroxyl groups is 1. The molecule has 1 atom stereocenters. The van der Waals surface area contributed by atoms with Crippen molar-refractivity contribution < 1.29 is 9.84 Å². The van der Waals surface area contributed by atoms with E-state index in [-0.39, 0.29) is 12.7 Å². The monoisotopic (exact) mass is 222 g/mol. The molecule has 1 aromatic heterocycles. The number of nitrogens with zero attached hydrogens (tertiary/aromatic N) is 2. The molecule has 1 unspecified atom stereocenters. The fraction of sp³-hybridized carbons (Fsp3) is 0.583. The minimum absolute atomic E-state index is 0.0114. The molecule has 4 nitrogen and oxygen atoms in total. The molecule has 0 aliphatic carbocycles. The van der Waals surface area contributed by atoms with Gasteiger partial charge >= 0.3 is 0 Å². The van der Waals surface area contributed by atoms with Gasteiger partial charge in [0.25, 0.3) is 0 Å². The van der Waals surface area contributed by atoms with Gasteiger partial charge in [0.1, 0.15) is 0 Å². The molecular weight excluding hydrogens is 204 g/mol. The number of ether oxygens (including phenoxy) is 1.